The molecule has 1 saturated heterocycles. The molecule has 2 N–H and O–H groups in total. The molecule has 0 amide bonds. The SMILES string of the molecule is Oc1cccc(Cc2nc(C3CCCN3)no2)c1. The van der Waals surface area contributed by atoms with Crippen molar-refractivity contribution in [3.63, 3.8) is 0 Å². The van der Waals surface area contributed by atoms with Gasteiger partial charge in [-0.15, -0.1) is 0 Å². The van der Waals surface area contributed by atoms with Crippen molar-refractivity contribution in [2.24, 2.45) is 0 Å². The lowest BCUT2D eigenvalue weighted by atomic mass is 10.1. The van der Waals surface area contributed by atoms with Crippen LogP contribution in [0.3, 0.4) is 0 Å². The second kappa shape index (κ2) is 4.78. The molecule has 0 saturated carbocycles. The van der Waals surface area contributed by atoms with Gasteiger partial charge in [-0.25, -0.2) is 0 Å². The first kappa shape index (κ1) is 11.2. The third-order valence-electron chi connectivity index (χ3n) is 3.12. The standard InChI is InChI=1S/C13H15N3O2/c17-10-4-1-3-9(7-10)8-12-15-13(16-18-12)11-5-2-6-14-11/h1,3-4,7,11,14,17H,2,5-6,8H2. The van der Waals surface area contributed by atoms with E-state index in [0.717, 1.165) is 30.8 Å². The van der Waals surface area contributed by atoms with E-state index in [1.165, 1.54) is 0 Å². The lowest BCUT2D eigenvalue weighted by Crippen LogP contribution is -2.14. The molecule has 0 radical (unpaired) electrons. The molecule has 0 spiro atoms. The molecule has 1 aliphatic rings. The van der Waals surface area contributed by atoms with Crippen LogP contribution >= 0.6 is 0 Å². The minimum atomic E-state index is 0.228. The highest BCUT2D eigenvalue weighted by atomic mass is 16.5. The summed E-state index contributed by atoms with van der Waals surface area (Å²) in [4.78, 5) is 4.40. The first-order chi connectivity index (χ1) is 8.81. The number of hydrogen-bond acceptors (Lipinski definition) is 5. The number of hydrogen-bond donors (Lipinski definition) is 2. The van der Waals surface area contributed by atoms with Crippen LogP contribution in [0, 0.1) is 0 Å². The average molecular weight is 245 g/mol. The van der Waals surface area contributed by atoms with E-state index in [9.17, 15) is 5.11 Å². The number of aromatic hydroxyl groups is 1. The van der Waals surface area contributed by atoms with Crippen LogP contribution in [0.4, 0.5) is 0 Å². The van der Waals surface area contributed by atoms with Gasteiger partial charge in [-0.1, -0.05) is 17.3 Å². The molecule has 0 bridgehead atoms. The Morgan fingerprint density at radius 1 is 1.44 bits per heavy atom. The van der Waals surface area contributed by atoms with Crippen LogP contribution in [0.15, 0.2) is 28.8 Å². The molecular weight excluding hydrogens is 230 g/mol. The van der Waals surface area contributed by atoms with Crippen molar-refractivity contribution in [3.8, 4) is 5.75 Å². The van der Waals surface area contributed by atoms with Gasteiger partial charge < -0.3 is 14.9 Å². The highest BCUT2D eigenvalue weighted by Crippen LogP contribution is 2.21. The summed E-state index contributed by atoms with van der Waals surface area (Å²) in [5, 5.41) is 16.7. The molecule has 1 fully saturated rings. The summed E-state index contributed by atoms with van der Waals surface area (Å²) in [7, 11) is 0. The number of nitrogens with one attached hydrogen (secondary N) is 1. The third-order valence-corrected chi connectivity index (χ3v) is 3.12. The van der Waals surface area contributed by atoms with Crippen LogP contribution in [0.25, 0.3) is 0 Å². The van der Waals surface area contributed by atoms with Crippen LogP contribution in [0.2, 0.25) is 0 Å². The summed E-state index contributed by atoms with van der Waals surface area (Å²) >= 11 is 0. The molecule has 0 aliphatic carbocycles. The molecule has 2 heterocycles. The van der Waals surface area contributed by atoms with Crippen molar-refractivity contribution in [1.29, 1.82) is 0 Å². The largest absolute Gasteiger partial charge is 0.508 e. The van der Waals surface area contributed by atoms with Gasteiger partial charge in [0.1, 0.15) is 5.75 Å². The van der Waals surface area contributed by atoms with E-state index in [2.05, 4.69) is 15.5 Å². The Morgan fingerprint density at radius 2 is 2.39 bits per heavy atom. The fourth-order valence-electron chi connectivity index (χ4n) is 2.23. The molecule has 3 rings (SSSR count). The molecule has 5 heteroatoms. The number of benzene rings is 1. The number of nitrogens with zero attached hydrogens (tertiary/aromatic N) is 2. The number of aromatic nitrogens is 2. The maximum Gasteiger partial charge on any atom is 0.231 e. The van der Waals surface area contributed by atoms with Crippen molar-refractivity contribution in [2.45, 2.75) is 25.3 Å². The zero-order chi connectivity index (χ0) is 12.4. The molecule has 1 aliphatic heterocycles. The maximum atomic E-state index is 9.39. The van der Waals surface area contributed by atoms with Gasteiger partial charge in [-0.3, -0.25) is 0 Å². The quantitative estimate of drug-likeness (QED) is 0.862. The Kier molecular flexibility index (Phi) is 2.98. The summed E-state index contributed by atoms with van der Waals surface area (Å²) in [5.74, 6) is 1.58. The summed E-state index contributed by atoms with van der Waals surface area (Å²) in [6.07, 6.45) is 2.76. The van der Waals surface area contributed by atoms with Gasteiger partial charge in [0.15, 0.2) is 5.82 Å². The van der Waals surface area contributed by atoms with Crippen LogP contribution in [-0.4, -0.2) is 21.8 Å². The van der Waals surface area contributed by atoms with Gasteiger partial charge in [0.05, 0.1) is 12.5 Å². The lowest BCUT2D eigenvalue weighted by Gasteiger charge is -2.01. The van der Waals surface area contributed by atoms with Gasteiger partial charge in [0, 0.05) is 0 Å². The monoisotopic (exact) mass is 245 g/mol. The van der Waals surface area contributed by atoms with E-state index in [1.807, 2.05) is 6.07 Å². The van der Waals surface area contributed by atoms with Crippen LogP contribution in [-0.2, 0) is 6.42 Å². The Labute approximate surface area is 105 Å². The predicted molar refractivity (Wildman–Crippen MR) is 65.2 cm³/mol. The van der Waals surface area contributed by atoms with Crippen molar-refractivity contribution >= 4 is 0 Å². The zero-order valence-electron chi connectivity index (χ0n) is 9.97. The van der Waals surface area contributed by atoms with Crippen molar-refractivity contribution < 1.29 is 9.63 Å². The van der Waals surface area contributed by atoms with Gasteiger partial charge in [0.2, 0.25) is 5.89 Å². The van der Waals surface area contributed by atoms with Crippen LogP contribution < -0.4 is 5.32 Å². The summed E-state index contributed by atoms with van der Waals surface area (Å²) in [6, 6.07) is 7.31. The van der Waals surface area contributed by atoms with E-state index in [4.69, 9.17) is 4.52 Å². The van der Waals surface area contributed by atoms with Crippen molar-refractivity contribution in [1.82, 2.24) is 15.5 Å². The molecule has 1 atom stereocenters. The molecule has 1 unspecified atom stereocenters. The van der Waals surface area contributed by atoms with E-state index >= 15 is 0 Å². The first-order valence-electron chi connectivity index (χ1n) is 6.15. The zero-order valence-corrected chi connectivity index (χ0v) is 9.97. The Morgan fingerprint density at radius 3 is 3.17 bits per heavy atom. The average Bonchev–Trinajstić information content (AvgIpc) is 2.98. The van der Waals surface area contributed by atoms with Gasteiger partial charge in [-0.2, -0.15) is 4.98 Å². The molecule has 1 aromatic heterocycles. The Bertz CT molecular complexity index is 533. The Hall–Kier alpha value is -1.88. The topological polar surface area (TPSA) is 71.2 Å². The summed E-state index contributed by atoms with van der Waals surface area (Å²) in [5.41, 5.74) is 0.963. The first-order valence-corrected chi connectivity index (χ1v) is 6.15. The highest BCUT2D eigenvalue weighted by molar-refractivity contribution is 5.28. The highest BCUT2D eigenvalue weighted by Gasteiger charge is 2.21. The summed E-state index contributed by atoms with van der Waals surface area (Å²) < 4.78 is 5.24. The number of phenolic OH excluding ortho intramolecular Hbond substituents is 1. The second-order valence-electron chi connectivity index (χ2n) is 4.54. The third kappa shape index (κ3) is 2.36. The molecule has 18 heavy (non-hydrogen) atoms. The molecule has 2 aromatic rings. The summed E-state index contributed by atoms with van der Waals surface area (Å²) in [6.45, 7) is 1.01. The number of phenols is 1. The van der Waals surface area contributed by atoms with E-state index < -0.39 is 0 Å². The van der Waals surface area contributed by atoms with Gasteiger partial charge in [0.25, 0.3) is 0 Å². The minimum absolute atomic E-state index is 0.228. The lowest BCUT2D eigenvalue weighted by molar-refractivity contribution is 0.373. The maximum absolute atomic E-state index is 9.39. The fourth-order valence-corrected chi connectivity index (χ4v) is 2.23. The van der Waals surface area contributed by atoms with E-state index in [0.29, 0.717) is 12.3 Å². The van der Waals surface area contributed by atoms with Crippen molar-refractivity contribution in [2.75, 3.05) is 6.54 Å². The smallest absolute Gasteiger partial charge is 0.231 e. The van der Waals surface area contributed by atoms with E-state index in [-0.39, 0.29) is 11.8 Å². The number of rotatable bonds is 3. The molecule has 94 valence electrons. The van der Waals surface area contributed by atoms with Crippen LogP contribution in [0.5, 0.6) is 5.75 Å². The van der Waals surface area contributed by atoms with Gasteiger partial charge >= 0.3 is 0 Å². The molecule has 1 aromatic carbocycles. The van der Waals surface area contributed by atoms with E-state index in [1.54, 1.807) is 18.2 Å². The minimum Gasteiger partial charge on any atom is -0.508 e. The second-order valence-corrected chi connectivity index (χ2v) is 4.54. The molecule has 5 nitrogen and oxygen atoms in total. The predicted octanol–water partition coefficient (Wildman–Crippen LogP) is 1.79. The van der Waals surface area contributed by atoms with Crippen LogP contribution in [0.1, 0.15) is 36.2 Å². The normalized spacial score (nSPS) is 19.2. The van der Waals surface area contributed by atoms with Crippen molar-refractivity contribution in [3.05, 3.63) is 41.5 Å². The van der Waals surface area contributed by atoms with Gasteiger partial charge in [-0.05, 0) is 37.1 Å². The Balaban J connectivity index is 1.73. The molecular formula is C13H15N3O2. The fraction of sp³-hybridized carbons (Fsp3) is 0.385.